The van der Waals surface area contributed by atoms with E-state index in [4.69, 9.17) is 4.74 Å². The molecule has 0 atom stereocenters. The third kappa shape index (κ3) is 4.42. The number of nitrogens with zero attached hydrogens (tertiary/aromatic N) is 3. The zero-order chi connectivity index (χ0) is 18.4. The second-order valence-electron chi connectivity index (χ2n) is 5.22. The summed E-state index contributed by atoms with van der Waals surface area (Å²) in [5, 5.41) is 17.5. The van der Waals surface area contributed by atoms with Gasteiger partial charge in [-0.3, -0.25) is 15.5 Å². The van der Waals surface area contributed by atoms with Gasteiger partial charge in [0.1, 0.15) is 5.75 Å². The van der Waals surface area contributed by atoms with Crippen LogP contribution in [0.15, 0.2) is 59.0 Å². The van der Waals surface area contributed by atoms with E-state index in [0.29, 0.717) is 23.0 Å². The van der Waals surface area contributed by atoms with Crippen molar-refractivity contribution >= 4 is 28.4 Å². The number of aromatic nitrogens is 1. The summed E-state index contributed by atoms with van der Waals surface area (Å²) in [7, 11) is 0. The van der Waals surface area contributed by atoms with Gasteiger partial charge in [-0.1, -0.05) is 24.3 Å². The summed E-state index contributed by atoms with van der Waals surface area (Å²) < 4.78 is 5.45. The van der Waals surface area contributed by atoms with E-state index in [1.807, 2.05) is 36.6 Å². The van der Waals surface area contributed by atoms with Crippen molar-refractivity contribution in [1.82, 2.24) is 4.98 Å². The van der Waals surface area contributed by atoms with E-state index in [0.717, 1.165) is 11.3 Å². The minimum absolute atomic E-state index is 0.0391. The van der Waals surface area contributed by atoms with Gasteiger partial charge in [-0.2, -0.15) is 5.10 Å². The molecule has 0 bridgehead atoms. The van der Waals surface area contributed by atoms with E-state index in [1.54, 1.807) is 18.3 Å². The van der Waals surface area contributed by atoms with Crippen LogP contribution in [0.25, 0.3) is 11.3 Å². The Bertz CT molecular complexity index is 939. The van der Waals surface area contributed by atoms with Crippen molar-refractivity contribution in [1.29, 1.82) is 0 Å². The predicted molar refractivity (Wildman–Crippen MR) is 103 cm³/mol. The fraction of sp³-hybridized carbons (Fsp3) is 0.111. The van der Waals surface area contributed by atoms with Crippen LogP contribution in [0.3, 0.4) is 0 Å². The molecule has 0 amide bonds. The molecule has 0 aliphatic carbocycles. The molecule has 7 nitrogen and oxygen atoms in total. The maximum Gasteiger partial charge on any atom is 0.270 e. The number of ether oxygens (including phenoxy) is 1. The van der Waals surface area contributed by atoms with Gasteiger partial charge in [0.25, 0.3) is 5.69 Å². The van der Waals surface area contributed by atoms with E-state index < -0.39 is 4.92 Å². The first kappa shape index (κ1) is 17.6. The lowest BCUT2D eigenvalue weighted by atomic mass is 10.1. The first-order valence-corrected chi connectivity index (χ1v) is 8.76. The van der Waals surface area contributed by atoms with Crippen molar-refractivity contribution in [2.75, 3.05) is 12.0 Å². The fourth-order valence-electron chi connectivity index (χ4n) is 2.25. The maximum absolute atomic E-state index is 10.9. The number of rotatable bonds is 7. The van der Waals surface area contributed by atoms with Gasteiger partial charge < -0.3 is 4.74 Å². The number of hydrogen-bond donors (Lipinski definition) is 1. The zero-order valence-corrected chi connectivity index (χ0v) is 14.8. The van der Waals surface area contributed by atoms with Crippen LogP contribution in [0.1, 0.15) is 12.5 Å². The van der Waals surface area contributed by atoms with Gasteiger partial charge in [0.15, 0.2) is 0 Å². The van der Waals surface area contributed by atoms with Gasteiger partial charge >= 0.3 is 0 Å². The molecule has 0 saturated carbocycles. The Morgan fingerprint density at radius 2 is 2.15 bits per heavy atom. The lowest BCUT2D eigenvalue weighted by Gasteiger charge is -2.02. The molecule has 132 valence electrons. The fourth-order valence-corrected chi connectivity index (χ4v) is 2.92. The molecule has 0 saturated heterocycles. The number of hydrazone groups is 1. The number of nitro benzene ring substituents is 1. The quantitative estimate of drug-likeness (QED) is 0.375. The Kier molecular flexibility index (Phi) is 5.55. The number of benzene rings is 2. The van der Waals surface area contributed by atoms with Crippen molar-refractivity contribution in [2.24, 2.45) is 5.10 Å². The number of nitro groups is 1. The summed E-state index contributed by atoms with van der Waals surface area (Å²) in [4.78, 5) is 14.9. The first-order valence-electron chi connectivity index (χ1n) is 7.88. The number of non-ortho nitro benzene ring substituents is 1. The molecular formula is C18H16N4O3S. The zero-order valence-electron chi connectivity index (χ0n) is 14.0. The van der Waals surface area contributed by atoms with Crippen molar-refractivity contribution in [3.63, 3.8) is 0 Å². The van der Waals surface area contributed by atoms with Crippen molar-refractivity contribution < 1.29 is 9.66 Å². The maximum atomic E-state index is 10.9. The molecule has 3 aromatic rings. The first-order chi connectivity index (χ1) is 12.7. The molecule has 8 heteroatoms. The Hall–Kier alpha value is -3.26. The smallest absolute Gasteiger partial charge is 0.270 e. The SMILES string of the molecule is CCOc1cccc(/C=N/Nc2nc(-c3cccc([N+](=O)[O-])c3)cs2)c1. The van der Waals surface area contributed by atoms with Gasteiger partial charge in [-0.25, -0.2) is 4.98 Å². The Morgan fingerprint density at radius 1 is 1.31 bits per heavy atom. The lowest BCUT2D eigenvalue weighted by molar-refractivity contribution is -0.384. The summed E-state index contributed by atoms with van der Waals surface area (Å²) in [5.74, 6) is 0.790. The van der Waals surface area contributed by atoms with Gasteiger partial charge in [-0.05, 0) is 24.6 Å². The molecule has 0 aliphatic heterocycles. The van der Waals surface area contributed by atoms with Crippen molar-refractivity contribution in [3.05, 3.63) is 69.6 Å². The van der Waals surface area contributed by atoms with Gasteiger partial charge in [0.2, 0.25) is 5.13 Å². The highest BCUT2D eigenvalue weighted by Gasteiger charge is 2.09. The molecule has 0 aliphatic rings. The van der Waals surface area contributed by atoms with Crippen LogP contribution in [0.5, 0.6) is 5.75 Å². The number of anilines is 1. The third-order valence-corrected chi connectivity index (χ3v) is 4.15. The highest BCUT2D eigenvalue weighted by Crippen LogP contribution is 2.27. The third-order valence-electron chi connectivity index (χ3n) is 3.40. The Morgan fingerprint density at radius 3 is 2.96 bits per heavy atom. The molecule has 1 heterocycles. The van der Waals surface area contributed by atoms with E-state index in [9.17, 15) is 10.1 Å². The molecule has 1 N–H and O–H groups in total. The lowest BCUT2D eigenvalue weighted by Crippen LogP contribution is -1.93. The van der Waals surface area contributed by atoms with Crippen LogP contribution in [-0.4, -0.2) is 22.7 Å². The van der Waals surface area contributed by atoms with Crippen LogP contribution < -0.4 is 10.2 Å². The normalized spacial score (nSPS) is 10.8. The minimum atomic E-state index is -0.421. The van der Waals surface area contributed by atoms with E-state index in [-0.39, 0.29) is 5.69 Å². The topological polar surface area (TPSA) is 89.7 Å². The van der Waals surface area contributed by atoms with E-state index in [2.05, 4.69) is 15.5 Å². The summed E-state index contributed by atoms with van der Waals surface area (Å²) in [5.41, 5.74) is 5.17. The second-order valence-corrected chi connectivity index (χ2v) is 6.08. The van der Waals surface area contributed by atoms with Gasteiger partial charge in [-0.15, -0.1) is 11.3 Å². The van der Waals surface area contributed by atoms with Crippen molar-refractivity contribution in [3.8, 4) is 17.0 Å². The van der Waals surface area contributed by atoms with Crippen molar-refractivity contribution in [2.45, 2.75) is 6.92 Å². The number of thiazole rings is 1. The average Bonchev–Trinajstić information content (AvgIpc) is 3.11. The van der Waals surface area contributed by atoms with Gasteiger partial charge in [0.05, 0.1) is 23.4 Å². The molecule has 0 radical (unpaired) electrons. The molecule has 0 fully saturated rings. The minimum Gasteiger partial charge on any atom is -0.494 e. The van der Waals surface area contributed by atoms with Crippen LogP contribution in [0, 0.1) is 10.1 Å². The van der Waals surface area contributed by atoms with Crippen LogP contribution in [0.2, 0.25) is 0 Å². The monoisotopic (exact) mass is 368 g/mol. The predicted octanol–water partition coefficient (Wildman–Crippen LogP) is 4.56. The van der Waals surface area contributed by atoms with E-state index >= 15 is 0 Å². The summed E-state index contributed by atoms with van der Waals surface area (Å²) >= 11 is 1.37. The molecular weight excluding hydrogens is 352 g/mol. The Labute approximate surface area is 154 Å². The standard InChI is InChI=1S/C18H16N4O3S/c1-2-25-16-8-3-5-13(9-16)11-19-21-18-20-17(12-26-18)14-6-4-7-15(10-14)22(23)24/h3-12H,2H2,1H3,(H,20,21)/b19-11+. The van der Waals surface area contributed by atoms with Crippen LogP contribution >= 0.6 is 11.3 Å². The number of nitrogens with one attached hydrogen (secondary N) is 1. The highest BCUT2D eigenvalue weighted by atomic mass is 32.1. The second kappa shape index (κ2) is 8.21. The molecule has 26 heavy (non-hydrogen) atoms. The molecule has 1 aromatic heterocycles. The summed E-state index contributed by atoms with van der Waals surface area (Å²) in [6.45, 7) is 2.54. The summed E-state index contributed by atoms with van der Waals surface area (Å²) in [6.07, 6.45) is 1.68. The molecule has 2 aromatic carbocycles. The molecule has 0 spiro atoms. The summed E-state index contributed by atoms with van der Waals surface area (Å²) in [6, 6.07) is 14.0. The largest absolute Gasteiger partial charge is 0.494 e. The number of hydrogen-bond acceptors (Lipinski definition) is 7. The van der Waals surface area contributed by atoms with Crippen LogP contribution in [0.4, 0.5) is 10.8 Å². The van der Waals surface area contributed by atoms with Crippen LogP contribution in [-0.2, 0) is 0 Å². The molecule has 3 rings (SSSR count). The highest BCUT2D eigenvalue weighted by molar-refractivity contribution is 7.14. The average molecular weight is 368 g/mol. The Balaban J connectivity index is 1.68. The molecule has 0 unspecified atom stereocenters. The van der Waals surface area contributed by atoms with E-state index in [1.165, 1.54) is 23.5 Å². The van der Waals surface area contributed by atoms with Gasteiger partial charge in [0, 0.05) is 23.1 Å².